The second-order valence-electron chi connectivity index (χ2n) is 7.30. The summed E-state index contributed by atoms with van der Waals surface area (Å²) in [6.07, 6.45) is 3.41. The quantitative estimate of drug-likeness (QED) is 0.210. The molecule has 9 nitrogen and oxygen atoms in total. The van der Waals surface area contributed by atoms with E-state index in [4.69, 9.17) is 21.1 Å². The molecule has 1 heterocycles. The fourth-order valence-electron chi connectivity index (χ4n) is 3.23. The Labute approximate surface area is 215 Å². The molecule has 0 bridgehead atoms. The first kappa shape index (κ1) is 25.8. The monoisotopic (exact) mass is 598 g/mol. The third-order valence-corrected chi connectivity index (χ3v) is 5.84. The number of amides is 3. The highest BCUT2D eigenvalue weighted by Crippen LogP contribution is 2.34. The van der Waals surface area contributed by atoms with Crippen LogP contribution in [0.3, 0.4) is 0 Å². The van der Waals surface area contributed by atoms with Gasteiger partial charge in [0.1, 0.15) is 0 Å². The van der Waals surface area contributed by atoms with E-state index in [2.05, 4.69) is 38.4 Å². The van der Waals surface area contributed by atoms with Crippen LogP contribution in [0.1, 0.15) is 25.3 Å². The van der Waals surface area contributed by atoms with Crippen molar-refractivity contribution in [3.8, 4) is 11.5 Å². The van der Waals surface area contributed by atoms with E-state index in [-0.39, 0.29) is 12.5 Å². The number of nitrogens with one attached hydrogen (secondary N) is 2. The zero-order valence-corrected chi connectivity index (χ0v) is 21.4. The number of rotatable bonds is 8. The number of ether oxygens (including phenoxy) is 2. The molecule has 2 aromatic rings. The number of carbonyl (C=O) groups excluding carboxylic acids is 3. The van der Waals surface area contributed by atoms with Crippen molar-refractivity contribution in [2.75, 3.05) is 31.6 Å². The van der Waals surface area contributed by atoms with Gasteiger partial charge < -0.3 is 19.7 Å². The molecule has 0 atom stereocenters. The lowest BCUT2D eigenvalue weighted by molar-refractivity contribution is -0.136. The molecular weight excluding hydrogens is 575 g/mol. The number of hydrazone groups is 1. The number of halogens is 2. The van der Waals surface area contributed by atoms with Crippen molar-refractivity contribution in [1.82, 2.24) is 10.3 Å². The van der Waals surface area contributed by atoms with Crippen LogP contribution < -0.4 is 20.2 Å². The van der Waals surface area contributed by atoms with Crippen LogP contribution in [0.4, 0.5) is 5.69 Å². The normalized spacial score (nSPS) is 13.1. The summed E-state index contributed by atoms with van der Waals surface area (Å²) in [5.41, 5.74) is 3.19. The first-order chi connectivity index (χ1) is 16.4. The van der Waals surface area contributed by atoms with Gasteiger partial charge in [-0.3, -0.25) is 14.4 Å². The van der Waals surface area contributed by atoms with Gasteiger partial charge in [-0.1, -0.05) is 17.7 Å². The van der Waals surface area contributed by atoms with E-state index in [0.717, 1.165) is 25.9 Å². The zero-order valence-electron chi connectivity index (χ0n) is 18.5. The smallest absolute Gasteiger partial charge is 0.329 e. The van der Waals surface area contributed by atoms with Crippen LogP contribution in [0.25, 0.3) is 0 Å². The van der Waals surface area contributed by atoms with Crippen LogP contribution in [0, 0.1) is 3.57 Å². The SMILES string of the molecule is CCOc1cc(/C=N\NC(=O)C(=O)Nc2cccc(Cl)c2)cc(I)c1OCC(=O)N1CCCC1. The molecule has 0 spiro atoms. The molecule has 34 heavy (non-hydrogen) atoms. The van der Waals surface area contributed by atoms with E-state index in [1.165, 1.54) is 12.3 Å². The Kier molecular flexibility index (Phi) is 9.52. The summed E-state index contributed by atoms with van der Waals surface area (Å²) in [6.45, 7) is 3.69. The van der Waals surface area contributed by atoms with Crippen LogP contribution in [0.15, 0.2) is 41.5 Å². The minimum atomic E-state index is -0.934. The summed E-state index contributed by atoms with van der Waals surface area (Å²) >= 11 is 7.95. The van der Waals surface area contributed by atoms with Crippen molar-refractivity contribution in [3.05, 3.63) is 50.6 Å². The summed E-state index contributed by atoms with van der Waals surface area (Å²) < 4.78 is 12.2. The maximum Gasteiger partial charge on any atom is 0.329 e. The van der Waals surface area contributed by atoms with Crippen molar-refractivity contribution in [2.45, 2.75) is 19.8 Å². The molecule has 3 rings (SSSR count). The Morgan fingerprint density at radius 3 is 2.62 bits per heavy atom. The molecule has 2 aromatic carbocycles. The van der Waals surface area contributed by atoms with Crippen LogP contribution in [0.2, 0.25) is 5.02 Å². The predicted molar refractivity (Wildman–Crippen MR) is 137 cm³/mol. The highest BCUT2D eigenvalue weighted by atomic mass is 127. The molecule has 3 amide bonds. The van der Waals surface area contributed by atoms with E-state index in [1.54, 1.807) is 35.2 Å². The van der Waals surface area contributed by atoms with Gasteiger partial charge in [-0.15, -0.1) is 0 Å². The second-order valence-corrected chi connectivity index (χ2v) is 8.90. The van der Waals surface area contributed by atoms with Gasteiger partial charge in [0.2, 0.25) is 0 Å². The molecule has 0 saturated carbocycles. The van der Waals surface area contributed by atoms with Crippen LogP contribution in [-0.4, -0.2) is 55.1 Å². The standard InChI is InChI=1S/C23H24ClIN4O5/c1-2-33-19-11-15(10-18(25)21(19)34-14-20(30)29-8-3-4-9-29)13-26-28-23(32)22(31)27-17-7-5-6-16(24)12-17/h5-7,10-13H,2-4,8-9,14H2,1H3,(H,27,31)(H,28,32)/b26-13-. The molecular formula is C23H24ClIN4O5. The molecule has 1 aliphatic heterocycles. The average molecular weight is 599 g/mol. The summed E-state index contributed by atoms with van der Waals surface area (Å²) in [7, 11) is 0. The molecule has 0 unspecified atom stereocenters. The van der Waals surface area contributed by atoms with Crippen LogP contribution in [0.5, 0.6) is 11.5 Å². The van der Waals surface area contributed by atoms with Crippen molar-refractivity contribution < 1.29 is 23.9 Å². The topological polar surface area (TPSA) is 109 Å². The van der Waals surface area contributed by atoms with Gasteiger partial charge in [0, 0.05) is 23.8 Å². The maximum absolute atomic E-state index is 12.3. The molecule has 11 heteroatoms. The van der Waals surface area contributed by atoms with Gasteiger partial charge in [-0.2, -0.15) is 5.10 Å². The molecule has 180 valence electrons. The van der Waals surface area contributed by atoms with E-state index in [9.17, 15) is 14.4 Å². The van der Waals surface area contributed by atoms with Gasteiger partial charge in [0.05, 0.1) is 16.4 Å². The van der Waals surface area contributed by atoms with Gasteiger partial charge in [0.15, 0.2) is 18.1 Å². The Hall–Kier alpha value is -2.86. The molecule has 0 radical (unpaired) electrons. The van der Waals surface area contributed by atoms with Gasteiger partial charge in [0.25, 0.3) is 5.91 Å². The van der Waals surface area contributed by atoms with Crippen molar-refractivity contribution >= 4 is 63.8 Å². The third-order valence-electron chi connectivity index (χ3n) is 4.80. The van der Waals surface area contributed by atoms with Crippen molar-refractivity contribution in [1.29, 1.82) is 0 Å². The summed E-state index contributed by atoms with van der Waals surface area (Å²) in [4.78, 5) is 38.1. The van der Waals surface area contributed by atoms with Gasteiger partial charge >= 0.3 is 11.8 Å². The Morgan fingerprint density at radius 1 is 1.15 bits per heavy atom. The van der Waals surface area contributed by atoms with E-state index >= 15 is 0 Å². The van der Waals surface area contributed by atoms with Gasteiger partial charge in [-0.25, -0.2) is 5.43 Å². The maximum atomic E-state index is 12.3. The lowest BCUT2D eigenvalue weighted by Gasteiger charge is -2.18. The summed E-state index contributed by atoms with van der Waals surface area (Å²) in [5.74, 6) is -0.945. The number of benzene rings is 2. The second kappa shape index (κ2) is 12.6. The number of nitrogens with zero attached hydrogens (tertiary/aromatic N) is 2. The van der Waals surface area contributed by atoms with Crippen LogP contribution in [-0.2, 0) is 14.4 Å². The molecule has 1 aliphatic rings. The number of carbonyl (C=O) groups is 3. The molecule has 1 saturated heterocycles. The predicted octanol–water partition coefficient (Wildman–Crippen LogP) is 3.43. The summed E-state index contributed by atoms with van der Waals surface area (Å²) in [5, 5.41) is 6.72. The third kappa shape index (κ3) is 7.32. The van der Waals surface area contributed by atoms with Crippen molar-refractivity contribution in [3.63, 3.8) is 0 Å². The molecule has 2 N–H and O–H groups in total. The minimum absolute atomic E-state index is 0.0554. The first-order valence-electron chi connectivity index (χ1n) is 10.6. The Bertz CT molecular complexity index is 1090. The summed E-state index contributed by atoms with van der Waals surface area (Å²) in [6, 6.07) is 9.89. The number of hydrogen-bond acceptors (Lipinski definition) is 6. The molecule has 0 aliphatic carbocycles. The lowest BCUT2D eigenvalue weighted by atomic mass is 10.2. The largest absolute Gasteiger partial charge is 0.490 e. The van der Waals surface area contributed by atoms with Gasteiger partial charge in [-0.05, 0) is 78.3 Å². The first-order valence-corrected chi connectivity index (χ1v) is 12.1. The lowest BCUT2D eigenvalue weighted by Crippen LogP contribution is -2.32. The Balaban J connectivity index is 1.61. The van der Waals surface area contributed by atoms with E-state index in [0.29, 0.717) is 37.9 Å². The molecule has 1 fully saturated rings. The number of likely N-dealkylation sites (tertiary alicyclic amines) is 1. The minimum Gasteiger partial charge on any atom is -0.490 e. The van der Waals surface area contributed by atoms with E-state index < -0.39 is 11.8 Å². The van der Waals surface area contributed by atoms with Crippen LogP contribution >= 0.6 is 34.2 Å². The number of anilines is 1. The zero-order chi connectivity index (χ0) is 24.5. The number of hydrogen-bond donors (Lipinski definition) is 2. The van der Waals surface area contributed by atoms with E-state index in [1.807, 2.05) is 6.92 Å². The van der Waals surface area contributed by atoms with Crippen molar-refractivity contribution in [2.24, 2.45) is 5.10 Å². The average Bonchev–Trinajstić information content (AvgIpc) is 3.33. The highest BCUT2D eigenvalue weighted by Gasteiger charge is 2.20. The fourth-order valence-corrected chi connectivity index (χ4v) is 4.20. The molecule has 0 aromatic heterocycles. The fraction of sp³-hybridized carbons (Fsp3) is 0.304. The highest BCUT2D eigenvalue weighted by molar-refractivity contribution is 14.1. The Morgan fingerprint density at radius 2 is 1.91 bits per heavy atom.